The third-order valence-corrected chi connectivity index (χ3v) is 13.2. The highest BCUT2D eigenvalue weighted by molar-refractivity contribution is 7.00. The monoisotopic (exact) mass is 732 g/mol. The zero-order chi connectivity index (χ0) is 39.3. The van der Waals surface area contributed by atoms with Crippen LogP contribution in [0.3, 0.4) is 0 Å². The van der Waals surface area contributed by atoms with Crippen molar-refractivity contribution in [3.8, 4) is 0 Å². The normalized spacial score (nSPS) is 16.6. The van der Waals surface area contributed by atoms with Crippen LogP contribution in [0.15, 0.2) is 114 Å². The molecule has 0 radical (unpaired) electrons. The van der Waals surface area contributed by atoms with Crippen molar-refractivity contribution in [3.63, 3.8) is 0 Å². The summed E-state index contributed by atoms with van der Waals surface area (Å²) in [5, 5.41) is 2.30. The minimum atomic E-state index is -0.00390. The SMILES string of the molecule is Cc1cc2c3c(c1)N(c1cccc4oc5ccccc5c14)c1cc4c(cc1B3c1cc(C(C)(C)C)ccc1N2c1ccc(C(C)(C)C)cc1)C(C)(C)CC4(C)C. The van der Waals surface area contributed by atoms with Gasteiger partial charge in [0.1, 0.15) is 11.2 Å². The third kappa shape index (κ3) is 5.03. The van der Waals surface area contributed by atoms with Gasteiger partial charge in [-0.3, -0.25) is 0 Å². The lowest BCUT2D eigenvalue weighted by Gasteiger charge is -2.45. The molecule has 0 bridgehead atoms. The molecule has 10 rings (SSSR count). The van der Waals surface area contributed by atoms with E-state index in [1.54, 1.807) is 0 Å². The molecule has 3 aliphatic rings. The first-order valence-corrected chi connectivity index (χ1v) is 20.5. The molecular formula is C52H53BN2O. The Hall–Kier alpha value is -5.22. The van der Waals surface area contributed by atoms with Crippen LogP contribution in [0.5, 0.6) is 0 Å². The Morgan fingerprint density at radius 2 is 1.16 bits per heavy atom. The predicted molar refractivity (Wildman–Crippen MR) is 241 cm³/mol. The first kappa shape index (κ1) is 35.2. The zero-order valence-corrected chi connectivity index (χ0v) is 35.0. The van der Waals surface area contributed by atoms with Crippen molar-refractivity contribution in [2.45, 2.75) is 104 Å². The van der Waals surface area contributed by atoms with E-state index >= 15 is 0 Å². The largest absolute Gasteiger partial charge is 0.456 e. The maximum absolute atomic E-state index is 6.56. The number of furan rings is 1. The molecule has 0 fully saturated rings. The molecule has 0 atom stereocenters. The van der Waals surface area contributed by atoms with E-state index in [1.165, 1.54) is 72.6 Å². The van der Waals surface area contributed by atoms with Crippen LogP contribution in [-0.2, 0) is 21.7 Å². The quantitative estimate of drug-likeness (QED) is 0.165. The summed E-state index contributed by atoms with van der Waals surface area (Å²) in [5.74, 6) is 0. The van der Waals surface area contributed by atoms with E-state index in [2.05, 4.69) is 195 Å². The molecule has 56 heavy (non-hydrogen) atoms. The number of para-hydroxylation sites is 1. The molecule has 1 aliphatic carbocycles. The molecule has 2 aliphatic heterocycles. The Balaban J connectivity index is 1.34. The number of hydrogen-bond acceptors (Lipinski definition) is 3. The van der Waals surface area contributed by atoms with Gasteiger partial charge in [0.2, 0.25) is 0 Å². The molecular weight excluding hydrogens is 679 g/mol. The van der Waals surface area contributed by atoms with Crippen molar-refractivity contribution in [1.29, 1.82) is 0 Å². The Morgan fingerprint density at radius 1 is 0.554 bits per heavy atom. The molecule has 0 spiro atoms. The summed E-state index contributed by atoms with van der Waals surface area (Å²) in [6.45, 7) is 26.0. The molecule has 7 aromatic rings. The Morgan fingerprint density at radius 3 is 1.86 bits per heavy atom. The first-order valence-electron chi connectivity index (χ1n) is 20.5. The summed E-state index contributed by atoms with van der Waals surface area (Å²) in [4.78, 5) is 5.15. The van der Waals surface area contributed by atoms with E-state index in [-0.39, 0.29) is 28.4 Å². The van der Waals surface area contributed by atoms with Gasteiger partial charge in [-0.05, 0) is 134 Å². The molecule has 6 aromatic carbocycles. The van der Waals surface area contributed by atoms with E-state index in [1.807, 2.05) is 0 Å². The van der Waals surface area contributed by atoms with Gasteiger partial charge in [-0.2, -0.15) is 0 Å². The fraction of sp³-hybridized carbons (Fsp3) is 0.308. The van der Waals surface area contributed by atoms with Gasteiger partial charge < -0.3 is 14.2 Å². The molecule has 3 heterocycles. The summed E-state index contributed by atoms with van der Waals surface area (Å²) >= 11 is 0. The highest BCUT2D eigenvalue weighted by atomic mass is 16.3. The van der Waals surface area contributed by atoms with Gasteiger partial charge in [-0.1, -0.05) is 124 Å². The van der Waals surface area contributed by atoms with Crippen LogP contribution >= 0.6 is 0 Å². The van der Waals surface area contributed by atoms with Crippen molar-refractivity contribution in [3.05, 3.63) is 137 Å². The Bertz CT molecular complexity index is 2770. The second kappa shape index (κ2) is 11.4. The number of nitrogens with zero attached hydrogens (tertiary/aromatic N) is 2. The lowest BCUT2D eigenvalue weighted by atomic mass is 9.33. The summed E-state index contributed by atoms with van der Waals surface area (Å²) in [5.41, 5.74) is 20.4. The van der Waals surface area contributed by atoms with Crippen LogP contribution in [0.25, 0.3) is 21.9 Å². The van der Waals surface area contributed by atoms with Gasteiger partial charge >= 0.3 is 0 Å². The summed E-state index contributed by atoms with van der Waals surface area (Å²) in [7, 11) is 0. The fourth-order valence-electron chi connectivity index (χ4n) is 10.7. The van der Waals surface area contributed by atoms with Crippen LogP contribution < -0.4 is 26.2 Å². The number of fused-ring (bicyclic) bond motifs is 8. The smallest absolute Gasteiger partial charge is 0.252 e. The van der Waals surface area contributed by atoms with Crippen molar-refractivity contribution < 1.29 is 4.42 Å². The van der Waals surface area contributed by atoms with Gasteiger partial charge in [0.25, 0.3) is 6.71 Å². The van der Waals surface area contributed by atoms with Gasteiger partial charge in [-0.15, -0.1) is 0 Å². The highest BCUT2D eigenvalue weighted by Gasteiger charge is 2.48. The summed E-state index contributed by atoms with van der Waals surface area (Å²) in [6, 6.07) is 41.8. The summed E-state index contributed by atoms with van der Waals surface area (Å²) < 4.78 is 6.56. The molecule has 1 aromatic heterocycles. The van der Waals surface area contributed by atoms with Crippen LogP contribution in [-0.4, -0.2) is 6.71 Å². The zero-order valence-electron chi connectivity index (χ0n) is 35.0. The lowest BCUT2D eigenvalue weighted by Crippen LogP contribution is -2.61. The van der Waals surface area contributed by atoms with Gasteiger partial charge in [0.15, 0.2) is 0 Å². The highest BCUT2D eigenvalue weighted by Crippen LogP contribution is 2.53. The van der Waals surface area contributed by atoms with Crippen LogP contribution in [0.2, 0.25) is 0 Å². The van der Waals surface area contributed by atoms with E-state index in [9.17, 15) is 0 Å². The van der Waals surface area contributed by atoms with E-state index in [0.29, 0.717) is 0 Å². The van der Waals surface area contributed by atoms with E-state index in [4.69, 9.17) is 4.42 Å². The molecule has 0 N–H and O–H groups in total. The number of rotatable bonds is 2. The molecule has 0 saturated carbocycles. The van der Waals surface area contributed by atoms with E-state index < -0.39 is 0 Å². The van der Waals surface area contributed by atoms with Crippen molar-refractivity contribution in [2.24, 2.45) is 0 Å². The second-order valence-electron chi connectivity index (χ2n) is 20.3. The standard InChI is InChI=1S/C52H53BN2O/c1-31-25-43-48-44(26-31)55(41-16-14-18-46-47(41)35-15-12-13-17-45(35)56-46)42-29-37-36(51(8,9)30-52(37,10)11)28-39(42)53(48)38-27-33(50(5,6)7)21-24-40(38)54(43)34-22-19-32(20-23-34)49(2,3)4/h12-29H,30H2,1-11H3. The molecule has 0 amide bonds. The Kier molecular flexibility index (Phi) is 7.19. The average molecular weight is 733 g/mol. The maximum atomic E-state index is 6.56. The number of benzene rings is 6. The number of hydrogen-bond donors (Lipinski definition) is 0. The number of anilines is 6. The van der Waals surface area contributed by atoms with Crippen molar-refractivity contribution in [2.75, 3.05) is 9.80 Å². The van der Waals surface area contributed by atoms with Crippen LogP contribution in [0.1, 0.15) is 103 Å². The molecule has 0 unspecified atom stereocenters. The van der Waals surface area contributed by atoms with Crippen LogP contribution in [0.4, 0.5) is 34.1 Å². The molecule has 0 saturated heterocycles. The van der Waals surface area contributed by atoms with Crippen molar-refractivity contribution in [1.82, 2.24) is 0 Å². The van der Waals surface area contributed by atoms with Gasteiger partial charge in [0, 0.05) is 33.8 Å². The minimum absolute atomic E-state index is 0.00390. The molecule has 280 valence electrons. The maximum Gasteiger partial charge on any atom is 0.252 e. The first-order chi connectivity index (χ1) is 26.4. The third-order valence-electron chi connectivity index (χ3n) is 13.2. The van der Waals surface area contributed by atoms with Gasteiger partial charge in [-0.25, -0.2) is 0 Å². The van der Waals surface area contributed by atoms with E-state index in [0.717, 1.165) is 34.0 Å². The predicted octanol–water partition coefficient (Wildman–Crippen LogP) is 12.5. The van der Waals surface area contributed by atoms with Crippen LogP contribution in [0, 0.1) is 6.92 Å². The average Bonchev–Trinajstić information content (AvgIpc) is 3.60. The van der Waals surface area contributed by atoms with Gasteiger partial charge in [0.05, 0.1) is 11.1 Å². The lowest BCUT2D eigenvalue weighted by molar-refractivity contribution is 0.403. The van der Waals surface area contributed by atoms with Crippen molar-refractivity contribution >= 4 is 79.2 Å². The number of aryl methyl sites for hydroxylation is 1. The topological polar surface area (TPSA) is 19.6 Å². The fourth-order valence-corrected chi connectivity index (χ4v) is 10.7. The molecule has 4 heteroatoms. The second-order valence-corrected chi connectivity index (χ2v) is 20.3. The summed E-state index contributed by atoms with van der Waals surface area (Å²) in [6.07, 6.45) is 1.12. The minimum Gasteiger partial charge on any atom is -0.456 e. The molecule has 3 nitrogen and oxygen atoms in total. The Labute approximate surface area is 333 Å².